The second-order valence-corrected chi connectivity index (χ2v) is 6.87. The largest absolute Gasteiger partial charge is 0.343 e. The van der Waals surface area contributed by atoms with E-state index in [1.807, 2.05) is 30.3 Å². The smallest absolute Gasteiger partial charge is 0.0998 e. The first-order chi connectivity index (χ1) is 10.2. The van der Waals surface area contributed by atoms with E-state index in [0.29, 0.717) is 5.57 Å². The number of aryl methyl sites for hydroxylation is 2. The molecule has 1 aromatic heterocycles. The second kappa shape index (κ2) is 5.85. The molecular formula is C20H24N2. The van der Waals surface area contributed by atoms with Gasteiger partial charge in [0, 0.05) is 16.9 Å². The summed E-state index contributed by atoms with van der Waals surface area (Å²) in [6.07, 6.45) is 2.00. The molecule has 2 heteroatoms. The van der Waals surface area contributed by atoms with E-state index >= 15 is 0 Å². The summed E-state index contributed by atoms with van der Waals surface area (Å²) in [6, 6.07) is 12.6. The molecule has 0 unspecified atom stereocenters. The predicted molar refractivity (Wildman–Crippen MR) is 93.6 cm³/mol. The lowest BCUT2D eigenvalue weighted by Crippen LogP contribution is -2.24. The van der Waals surface area contributed by atoms with E-state index in [2.05, 4.69) is 58.2 Å². The number of benzene rings is 1. The maximum atomic E-state index is 9.51. The minimum Gasteiger partial charge on any atom is -0.343 e. The first-order valence-electron chi connectivity index (χ1n) is 7.62. The summed E-state index contributed by atoms with van der Waals surface area (Å²) in [5, 5.41) is 9.51. The Morgan fingerprint density at radius 1 is 1.09 bits per heavy atom. The van der Waals surface area contributed by atoms with Crippen LogP contribution in [0.5, 0.6) is 0 Å². The molecule has 22 heavy (non-hydrogen) atoms. The van der Waals surface area contributed by atoms with Crippen LogP contribution >= 0.6 is 0 Å². The maximum Gasteiger partial charge on any atom is 0.0998 e. The number of allylic oxidation sites excluding steroid dienone is 1. The van der Waals surface area contributed by atoms with Crippen LogP contribution in [0.4, 0.5) is 0 Å². The van der Waals surface area contributed by atoms with Crippen molar-refractivity contribution < 1.29 is 0 Å². The maximum absolute atomic E-state index is 9.51. The summed E-state index contributed by atoms with van der Waals surface area (Å²) < 4.78 is 2.32. The molecule has 0 aliphatic carbocycles. The van der Waals surface area contributed by atoms with Crippen LogP contribution in [0.1, 0.15) is 48.8 Å². The highest BCUT2D eigenvalue weighted by molar-refractivity contribution is 5.90. The summed E-state index contributed by atoms with van der Waals surface area (Å²) in [6.45, 7) is 12.9. The molecule has 0 atom stereocenters. The van der Waals surface area contributed by atoms with Crippen LogP contribution in [-0.2, 0) is 5.54 Å². The molecule has 1 heterocycles. The van der Waals surface area contributed by atoms with Gasteiger partial charge in [-0.25, -0.2) is 0 Å². The minimum absolute atomic E-state index is 0.0386. The normalized spacial score (nSPS) is 12.3. The van der Waals surface area contributed by atoms with Gasteiger partial charge in [0.05, 0.1) is 11.6 Å². The molecule has 114 valence electrons. The number of aromatic nitrogens is 1. The molecular weight excluding hydrogens is 268 g/mol. The summed E-state index contributed by atoms with van der Waals surface area (Å²) in [5.74, 6) is 0. The van der Waals surface area contributed by atoms with E-state index < -0.39 is 0 Å². The van der Waals surface area contributed by atoms with Crippen LogP contribution < -0.4 is 0 Å². The molecule has 0 spiro atoms. The highest BCUT2D eigenvalue weighted by atomic mass is 15.1. The van der Waals surface area contributed by atoms with Gasteiger partial charge in [-0.3, -0.25) is 0 Å². The molecule has 0 fully saturated rings. The van der Waals surface area contributed by atoms with E-state index in [4.69, 9.17) is 0 Å². The van der Waals surface area contributed by atoms with E-state index in [1.54, 1.807) is 0 Å². The SMILES string of the molecule is Cc1ccc(/C(C#N)=C\c2cc(C)n(C(C)(C)C)c2C)cc1. The third kappa shape index (κ3) is 3.14. The van der Waals surface area contributed by atoms with Crippen LogP contribution in [-0.4, -0.2) is 4.57 Å². The lowest BCUT2D eigenvalue weighted by molar-refractivity contribution is 0.383. The molecule has 2 nitrogen and oxygen atoms in total. The van der Waals surface area contributed by atoms with Crippen molar-refractivity contribution in [3.63, 3.8) is 0 Å². The first-order valence-corrected chi connectivity index (χ1v) is 7.62. The monoisotopic (exact) mass is 292 g/mol. The minimum atomic E-state index is 0.0386. The van der Waals surface area contributed by atoms with Gasteiger partial charge in [-0.15, -0.1) is 0 Å². The zero-order valence-corrected chi connectivity index (χ0v) is 14.4. The van der Waals surface area contributed by atoms with Gasteiger partial charge >= 0.3 is 0 Å². The van der Waals surface area contributed by atoms with Crippen molar-refractivity contribution in [2.45, 2.75) is 47.1 Å². The van der Waals surface area contributed by atoms with Crippen LogP contribution in [0, 0.1) is 32.1 Å². The van der Waals surface area contributed by atoms with Crippen LogP contribution in [0.15, 0.2) is 30.3 Å². The Morgan fingerprint density at radius 3 is 2.14 bits per heavy atom. The van der Waals surface area contributed by atoms with Gasteiger partial charge in [-0.05, 0) is 64.8 Å². The Balaban J connectivity index is 2.52. The Hall–Kier alpha value is -2.27. The standard InChI is InChI=1S/C20H24N2/c1-14-7-9-17(10-8-14)19(13-21)12-18-11-15(2)22(16(18)3)20(4,5)6/h7-12H,1-6H3/b19-12-. The topological polar surface area (TPSA) is 28.7 Å². The van der Waals surface area contributed by atoms with E-state index in [1.165, 1.54) is 17.0 Å². The van der Waals surface area contributed by atoms with Crippen molar-refractivity contribution in [1.82, 2.24) is 4.57 Å². The lowest BCUT2D eigenvalue weighted by atomic mass is 10.0. The molecule has 1 aromatic carbocycles. The number of nitriles is 1. The van der Waals surface area contributed by atoms with Gasteiger partial charge in [0.1, 0.15) is 0 Å². The Kier molecular flexibility index (Phi) is 4.28. The zero-order chi connectivity index (χ0) is 16.5. The fraction of sp³-hybridized carbons (Fsp3) is 0.350. The lowest BCUT2D eigenvalue weighted by Gasteiger charge is -2.25. The number of hydrogen-bond acceptors (Lipinski definition) is 1. The molecule has 0 N–H and O–H groups in total. The van der Waals surface area contributed by atoms with Crippen molar-refractivity contribution in [2.24, 2.45) is 0 Å². The molecule has 0 radical (unpaired) electrons. The number of rotatable bonds is 2. The van der Waals surface area contributed by atoms with E-state index in [9.17, 15) is 5.26 Å². The third-order valence-corrected chi connectivity index (χ3v) is 3.92. The second-order valence-electron chi connectivity index (χ2n) is 6.87. The molecule has 2 rings (SSSR count). The highest BCUT2D eigenvalue weighted by Gasteiger charge is 2.19. The summed E-state index contributed by atoms with van der Waals surface area (Å²) >= 11 is 0. The van der Waals surface area contributed by atoms with Crippen molar-refractivity contribution >= 4 is 11.6 Å². The summed E-state index contributed by atoms with van der Waals surface area (Å²) in [5.41, 5.74) is 6.44. The first kappa shape index (κ1) is 16.1. The van der Waals surface area contributed by atoms with Gasteiger partial charge < -0.3 is 4.57 Å². The van der Waals surface area contributed by atoms with Gasteiger partial charge in [-0.2, -0.15) is 5.26 Å². The Morgan fingerprint density at radius 2 is 1.68 bits per heavy atom. The van der Waals surface area contributed by atoms with Crippen LogP contribution in [0.25, 0.3) is 11.6 Å². The van der Waals surface area contributed by atoms with Crippen molar-refractivity contribution in [3.05, 3.63) is 58.4 Å². The molecule has 2 aromatic rings. The van der Waals surface area contributed by atoms with Crippen molar-refractivity contribution in [2.75, 3.05) is 0 Å². The molecule has 0 bridgehead atoms. The van der Waals surface area contributed by atoms with E-state index in [0.717, 1.165) is 11.1 Å². The van der Waals surface area contributed by atoms with Crippen molar-refractivity contribution in [3.8, 4) is 6.07 Å². The van der Waals surface area contributed by atoms with Crippen LogP contribution in [0.2, 0.25) is 0 Å². The van der Waals surface area contributed by atoms with E-state index in [-0.39, 0.29) is 5.54 Å². The molecule has 0 saturated carbocycles. The molecule has 0 aliphatic rings. The molecule has 0 aliphatic heterocycles. The highest BCUT2D eigenvalue weighted by Crippen LogP contribution is 2.27. The fourth-order valence-corrected chi connectivity index (χ4v) is 3.03. The summed E-state index contributed by atoms with van der Waals surface area (Å²) in [7, 11) is 0. The van der Waals surface area contributed by atoms with Gasteiger partial charge in [0.25, 0.3) is 0 Å². The van der Waals surface area contributed by atoms with Gasteiger partial charge in [0.15, 0.2) is 0 Å². The van der Waals surface area contributed by atoms with Crippen molar-refractivity contribution in [1.29, 1.82) is 5.26 Å². The average Bonchev–Trinajstić information content (AvgIpc) is 2.71. The molecule has 0 saturated heterocycles. The average molecular weight is 292 g/mol. The third-order valence-electron chi connectivity index (χ3n) is 3.92. The zero-order valence-electron chi connectivity index (χ0n) is 14.4. The van der Waals surface area contributed by atoms with Gasteiger partial charge in [-0.1, -0.05) is 29.8 Å². The quantitative estimate of drug-likeness (QED) is 0.696. The molecule has 0 amide bonds. The Labute approximate surface area is 133 Å². The van der Waals surface area contributed by atoms with Gasteiger partial charge in [0.2, 0.25) is 0 Å². The fourth-order valence-electron chi connectivity index (χ4n) is 3.03. The van der Waals surface area contributed by atoms with Crippen LogP contribution in [0.3, 0.4) is 0 Å². The predicted octanol–water partition coefficient (Wildman–Crippen LogP) is 5.23. The Bertz CT molecular complexity index is 745. The number of nitrogens with zero attached hydrogens (tertiary/aromatic N) is 2. The summed E-state index contributed by atoms with van der Waals surface area (Å²) in [4.78, 5) is 0. The number of hydrogen-bond donors (Lipinski definition) is 0.